The molecule has 0 bridgehead atoms. The molecule has 0 spiro atoms. The first-order chi connectivity index (χ1) is 5.25. The van der Waals surface area contributed by atoms with Crippen LogP contribution in [0.3, 0.4) is 0 Å². The predicted octanol–water partition coefficient (Wildman–Crippen LogP) is -1.18. The summed E-state index contributed by atoms with van der Waals surface area (Å²) in [4.78, 5) is 13.2. The Morgan fingerprint density at radius 3 is 2.73 bits per heavy atom. The van der Waals surface area contributed by atoms with Gasteiger partial charge in [0, 0.05) is 13.1 Å². The second-order valence-electron chi connectivity index (χ2n) is 3.25. The van der Waals surface area contributed by atoms with Crippen LogP contribution in [-0.2, 0) is 9.53 Å². The number of carbonyl (C=O) groups is 1. The van der Waals surface area contributed by atoms with Crippen molar-refractivity contribution in [1.29, 1.82) is 0 Å². The quantitative estimate of drug-likeness (QED) is 0.512. The van der Waals surface area contributed by atoms with Gasteiger partial charge in [0.1, 0.15) is 0 Å². The van der Waals surface area contributed by atoms with E-state index in [2.05, 4.69) is 10.2 Å². The number of hydrogen-bond acceptors (Lipinski definition) is 3. The van der Waals surface area contributed by atoms with Crippen LogP contribution in [0.2, 0.25) is 0 Å². The number of rotatable bonds is 2. The van der Waals surface area contributed by atoms with Gasteiger partial charge < -0.3 is 15.0 Å². The molecule has 2 aliphatic heterocycles. The first kappa shape index (κ1) is 7.06. The molecule has 2 heterocycles. The Hall–Kier alpha value is -0.610. The number of epoxide rings is 1. The summed E-state index contributed by atoms with van der Waals surface area (Å²) in [5.41, 5.74) is 0. The molecule has 0 aromatic carbocycles. The normalized spacial score (nSPS) is 31.2. The van der Waals surface area contributed by atoms with Gasteiger partial charge in [0.2, 0.25) is 0 Å². The van der Waals surface area contributed by atoms with Gasteiger partial charge in [0.15, 0.2) is 6.10 Å². The van der Waals surface area contributed by atoms with Gasteiger partial charge in [-0.1, -0.05) is 0 Å². The zero-order chi connectivity index (χ0) is 7.84. The van der Waals surface area contributed by atoms with Crippen LogP contribution in [0.4, 0.5) is 0 Å². The number of hydrogen-bond donors (Lipinski definition) is 1. The van der Waals surface area contributed by atoms with Crippen LogP contribution in [0.5, 0.6) is 0 Å². The van der Waals surface area contributed by atoms with Crippen molar-refractivity contribution in [3.05, 3.63) is 0 Å². The highest BCUT2D eigenvalue weighted by Crippen LogP contribution is 2.10. The van der Waals surface area contributed by atoms with Crippen molar-refractivity contribution >= 4 is 5.91 Å². The summed E-state index contributed by atoms with van der Waals surface area (Å²) in [5, 5.41) is 2.90. The lowest BCUT2D eigenvalue weighted by atomic mass is 10.1. The molecular weight excluding hydrogens is 144 g/mol. The first-order valence-electron chi connectivity index (χ1n) is 3.86. The van der Waals surface area contributed by atoms with Crippen LogP contribution in [0.25, 0.3) is 0 Å². The third-order valence-corrected chi connectivity index (χ3v) is 2.04. The van der Waals surface area contributed by atoms with Crippen molar-refractivity contribution < 1.29 is 9.53 Å². The zero-order valence-corrected chi connectivity index (χ0v) is 6.54. The molecule has 1 N–H and O–H groups in total. The van der Waals surface area contributed by atoms with Crippen molar-refractivity contribution in [3.63, 3.8) is 0 Å². The van der Waals surface area contributed by atoms with E-state index in [4.69, 9.17) is 4.74 Å². The highest BCUT2D eigenvalue weighted by atomic mass is 16.6. The molecule has 1 amide bonds. The minimum Gasteiger partial charge on any atom is -0.363 e. The molecule has 0 saturated carbocycles. The van der Waals surface area contributed by atoms with Crippen molar-refractivity contribution in [2.45, 2.75) is 12.1 Å². The smallest absolute Gasteiger partial charge is 0.251 e. The summed E-state index contributed by atoms with van der Waals surface area (Å²) < 4.78 is 4.84. The Balaban J connectivity index is 1.69. The summed E-state index contributed by atoms with van der Waals surface area (Å²) in [6.07, 6.45) is -0.138. The van der Waals surface area contributed by atoms with Gasteiger partial charge in [0.05, 0.1) is 12.6 Å². The number of ether oxygens (including phenoxy) is 1. The van der Waals surface area contributed by atoms with Crippen LogP contribution in [0, 0.1) is 0 Å². The maximum atomic E-state index is 11.1. The van der Waals surface area contributed by atoms with Crippen molar-refractivity contribution in [1.82, 2.24) is 10.2 Å². The van der Waals surface area contributed by atoms with E-state index in [-0.39, 0.29) is 12.0 Å². The van der Waals surface area contributed by atoms with Gasteiger partial charge in [-0.15, -0.1) is 0 Å². The Labute approximate surface area is 65.5 Å². The third kappa shape index (κ3) is 1.52. The minimum atomic E-state index is -0.138. The maximum absolute atomic E-state index is 11.1. The molecule has 4 nitrogen and oxygen atoms in total. The van der Waals surface area contributed by atoms with Crippen LogP contribution < -0.4 is 5.32 Å². The van der Waals surface area contributed by atoms with Gasteiger partial charge in [-0.2, -0.15) is 0 Å². The molecule has 2 aliphatic rings. The molecule has 0 aromatic heterocycles. The van der Waals surface area contributed by atoms with Crippen LogP contribution >= 0.6 is 0 Å². The van der Waals surface area contributed by atoms with E-state index in [9.17, 15) is 4.79 Å². The summed E-state index contributed by atoms with van der Waals surface area (Å²) in [5.74, 6) is 0.0584. The van der Waals surface area contributed by atoms with E-state index in [0.29, 0.717) is 12.6 Å². The molecule has 1 atom stereocenters. The highest BCUT2D eigenvalue weighted by Gasteiger charge is 2.34. The van der Waals surface area contributed by atoms with E-state index in [1.165, 1.54) is 0 Å². The number of nitrogens with one attached hydrogen (secondary N) is 1. The Bertz CT molecular complexity index is 173. The van der Waals surface area contributed by atoms with Crippen molar-refractivity contribution in [2.24, 2.45) is 0 Å². The lowest BCUT2D eigenvalue weighted by molar-refractivity contribution is -0.124. The average molecular weight is 156 g/mol. The van der Waals surface area contributed by atoms with Crippen LogP contribution in [0.1, 0.15) is 0 Å². The highest BCUT2D eigenvalue weighted by molar-refractivity contribution is 5.83. The molecule has 1 unspecified atom stereocenters. The molecule has 0 radical (unpaired) electrons. The van der Waals surface area contributed by atoms with Gasteiger partial charge in [0.25, 0.3) is 5.91 Å². The number of carbonyl (C=O) groups excluding carboxylic acids is 1. The van der Waals surface area contributed by atoms with E-state index < -0.39 is 0 Å². The molecular formula is C7H12N2O2. The second kappa shape index (κ2) is 2.46. The summed E-state index contributed by atoms with van der Waals surface area (Å²) in [6, 6.07) is 0.358. The molecule has 2 fully saturated rings. The molecule has 2 rings (SSSR count). The molecule has 0 aliphatic carbocycles. The fraction of sp³-hybridized carbons (Fsp3) is 0.857. The maximum Gasteiger partial charge on any atom is 0.251 e. The lowest BCUT2D eigenvalue weighted by Crippen LogP contribution is -2.58. The third-order valence-electron chi connectivity index (χ3n) is 2.04. The number of amides is 1. The lowest BCUT2D eigenvalue weighted by Gasteiger charge is -2.36. The van der Waals surface area contributed by atoms with E-state index in [0.717, 1.165) is 13.1 Å². The average Bonchev–Trinajstić information content (AvgIpc) is 2.64. The Kier molecular flexibility index (Phi) is 1.58. The van der Waals surface area contributed by atoms with Gasteiger partial charge in [-0.05, 0) is 7.05 Å². The van der Waals surface area contributed by atoms with E-state index in [1.54, 1.807) is 0 Å². The van der Waals surface area contributed by atoms with Gasteiger partial charge >= 0.3 is 0 Å². The molecule has 11 heavy (non-hydrogen) atoms. The summed E-state index contributed by atoms with van der Waals surface area (Å²) in [7, 11) is 2.04. The standard InChI is InChI=1S/C7H12N2O2/c1-9-2-5(3-9)8-7(10)6-4-11-6/h5-6H,2-4H2,1H3,(H,8,10). The predicted molar refractivity (Wildman–Crippen MR) is 39.2 cm³/mol. The fourth-order valence-corrected chi connectivity index (χ4v) is 1.28. The number of likely N-dealkylation sites (tertiary alicyclic amines) is 1. The van der Waals surface area contributed by atoms with Crippen LogP contribution in [-0.4, -0.2) is 49.7 Å². The van der Waals surface area contributed by atoms with Crippen LogP contribution in [0.15, 0.2) is 0 Å². The molecule has 0 aromatic rings. The Morgan fingerprint density at radius 2 is 2.27 bits per heavy atom. The monoisotopic (exact) mass is 156 g/mol. The van der Waals surface area contributed by atoms with Crippen molar-refractivity contribution in [2.75, 3.05) is 26.7 Å². The van der Waals surface area contributed by atoms with E-state index >= 15 is 0 Å². The van der Waals surface area contributed by atoms with Gasteiger partial charge in [-0.3, -0.25) is 4.79 Å². The SMILES string of the molecule is CN1CC(NC(=O)C2CO2)C1. The summed E-state index contributed by atoms with van der Waals surface area (Å²) in [6.45, 7) is 2.55. The largest absolute Gasteiger partial charge is 0.363 e. The molecule has 4 heteroatoms. The van der Waals surface area contributed by atoms with E-state index in [1.807, 2.05) is 7.05 Å². The Morgan fingerprint density at radius 1 is 1.64 bits per heavy atom. The zero-order valence-electron chi connectivity index (χ0n) is 6.54. The number of likely N-dealkylation sites (N-methyl/N-ethyl adjacent to an activating group) is 1. The molecule has 62 valence electrons. The second-order valence-corrected chi connectivity index (χ2v) is 3.25. The number of nitrogens with zero attached hydrogens (tertiary/aromatic N) is 1. The topological polar surface area (TPSA) is 44.9 Å². The molecule has 2 saturated heterocycles. The fourth-order valence-electron chi connectivity index (χ4n) is 1.28. The van der Waals surface area contributed by atoms with Gasteiger partial charge in [-0.25, -0.2) is 0 Å². The van der Waals surface area contributed by atoms with Crippen molar-refractivity contribution in [3.8, 4) is 0 Å². The first-order valence-corrected chi connectivity index (χ1v) is 3.86. The summed E-state index contributed by atoms with van der Waals surface area (Å²) >= 11 is 0. The minimum absolute atomic E-state index is 0.0584.